The molecule has 1 aliphatic carbocycles. The maximum Gasteiger partial charge on any atom is 0.315 e. The third kappa shape index (κ3) is 14.6. The van der Waals surface area contributed by atoms with E-state index in [4.69, 9.17) is 0 Å². The quantitative estimate of drug-likeness (QED) is 0.217. The summed E-state index contributed by atoms with van der Waals surface area (Å²) in [6.07, 6.45) is 9.64. The lowest BCUT2D eigenvalue weighted by atomic mass is 9.70. The predicted molar refractivity (Wildman–Crippen MR) is 176 cm³/mol. The Balaban J connectivity index is 0. The summed E-state index contributed by atoms with van der Waals surface area (Å²) in [7, 11) is 1.51. The van der Waals surface area contributed by atoms with E-state index in [0.717, 1.165) is 38.5 Å². The van der Waals surface area contributed by atoms with Crippen LogP contribution in [0, 0.1) is 5.41 Å². The summed E-state index contributed by atoms with van der Waals surface area (Å²) >= 11 is 0. The van der Waals surface area contributed by atoms with Gasteiger partial charge >= 0.3 is 6.03 Å². The minimum atomic E-state index is -0.928. The molecule has 1 saturated carbocycles. The van der Waals surface area contributed by atoms with Gasteiger partial charge in [-0.15, -0.1) is 0 Å². The van der Waals surface area contributed by atoms with E-state index in [1.165, 1.54) is 13.5 Å². The van der Waals surface area contributed by atoms with Gasteiger partial charge in [0.1, 0.15) is 12.1 Å². The van der Waals surface area contributed by atoms with Gasteiger partial charge in [-0.05, 0) is 43.9 Å². The van der Waals surface area contributed by atoms with E-state index in [1.807, 2.05) is 48.5 Å². The van der Waals surface area contributed by atoms with Crippen molar-refractivity contribution in [3.05, 3.63) is 0 Å². The number of Topliss-reactive ketones (excluding diaryl/α,β-unsaturated/α-hetero) is 1. The second-order valence-corrected chi connectivity index (χ2v) is 11.1. The summed E-state index contributed by atoms with van der Waals surface area (Å²) < 4.78 is 0. The monoisotopic (exact) mass is 611 g/mol. The number of unbranched alkanes of at least 4 members (excludes halogenated alkanes) is 1. The minimum Gasteiger partial charge on any atom is -0.349 e. The molecule has 4 N–H and O–H groups in total. The lowest BCUT2D eigenvalue weighted by molar-refractivity contribution is -0.144. The fourth-order valence-corrected chi connectivity index (χ4v) is 5.28. The third-order valence-corrected chi connectivity index (χ3v) is 7.52. The number of carbonyl (C=O) groups is 5. The summed E-state index contributed by atoms with van der Waals surface area (Å²) in [5, 5.41) is 10.8. The van der Waals surface area contributed by atoms with Crippen molar-refractivity contribution < 1.29 is 24.0 Å². The molecule has 3 atom stereocenters. The first-order valence-electron chi connectivity index (χ1n) is 17.0. The maximum absolute atomic E-state index is 13.8. The van der Waals surface area contributed by atoms with Crippen molar-refractivity contribution >= 4 is 29.5 Å². The van der Waals surface area contributed by atoms with Crippen molar-refractivity contribution in [1.82, 2.24) is 26.2 Å². The van der Waals surface area contributed by atoms with Crippen LogP contribution in [0.3, 0.4) is 0 Å². The molecule has 0 aromatic heterocycles. The molecule has 43 heavy (non-hydrogen) atoms. The van der Waals surface area contributed by atoms with E-state index in [9.17, 15) is 24.0 Å². The Morgan fingerprint density at radius 3 is 1.95 bits per heavy atom. The Kier molecular flexibility index (Phi) is 24.5. The highest BCUT2D eigenvalue weighted by Crippen LogP contribution is 2.40. The molecule has 5 amide bonds. The van der Waals surface area contributed by atoms with Crippen molar-refractivity contribution in [1.29, 1.82) is 0 Å². The lowest BCUT2D eigenvalue weighted by Gasteiger charge is -2.42. The van der Waals surface area contributed by atoms with Gasteiger partial charge in [-0.3, -0.25) is 19.2 Å². The smallest absolute Gasteiger partial charge is 0.315 e. The molecule has 1 saturated heterocycles. The molecule has 1 aliphatic heterocycles. The van der Waals surface area contributed by atoms with Crippen LogP contribution in [-0.2, 0) is 19.2 Å². The van der Waals surface area contributed by atoms with E-state index >= 15 is 0 Å². The second-order valence-electron chi connectivity index (χ2n) is 11.1. The number of hydrogen-bond acceptors (Lipinski definition) is 5. The number of rotatable bonds is 12. The fraction of sp³-hybridized carbons (Fsp3) is 0.848. The first-order valence-corrected chi connectivity index (χ1v) is 17.0. The highest BCUT2D eigenvalue weighted by Gasteiger charge is 2.46. The Hall–Kier alpha value is -2.65. The zero-order valence-electron chi connectivity index (χ0n) is 29.1. The summed E-state index contributed by atoms with van der Waals surface area (Å²) in [4.78, 5) is 66.0. The molecule has 0 aromatic carbocycles. The van der Waals surface area contributed by atoms with Gasteiger partial charge in [-0.1, -0.05) is 101 Å². The third-order valence-electron chi connectivity index (χ3n) is 7.52. The van der Waals surface area contributed by atoms with E-state index in [0.29, 0.717) is 45.2 Å². The van der Waals surface area contributed by atoms with Crippen LogP contribution in [0.2, 0.25) is 0 Å². The van der Waals surface area contributed by atoms with Gasteiger partial charge in [0, 0.05) is 20.1 Å². The van der Waals surface area contributed by atoms with Crippen LogP contribution < -0.4 is 21.3 Å². The summed E-state index contributed by atoms with van der Waals surface area (Å²) in [5.41, 5.74) is -0.400. The molecule has 10 nitrogen and oxygen atoms in total. The summed E-state index contributed by atoms with van der Waals surface area (Å²) in [6, 6.07) is -2.84. The predicted octanol–water partition coefficient (Wildman–Crippen LogP) is 5.48. The van der Waals surface area contributed by atoms with Gasteiger partial charge < -0.3 is 26.2 Å². The molecule has 0 spiro atoms. The van der Waals surface area contributed by atoms with Crippen molar-refractivity contribution in [2.24, 2.45) is 5.41 Å². The topological polar surface area (TPSA) is 137 Å². The molecule has 252 valence electrons. The second kappa shape index (κ2) is 24.8. The Morgan fingerprint density at radius 1 is 0.860 bits per heavy atom. The first-order chi connectivity index (χ1) is 20.6. The summed E-state index contributed by atoms with van der Waals surface area (Å²) in [6.45, 7) is 19.0. The highest BCUT2D eigenvalue weighted by atomic mass is 16.2. The number of nitrogens with one attached hydrogen (secondary N) is 4. The van der Waals surface area contributed by atoms with Gasteiger partial charge in [0.15, 0.2) is 0 Å². The molecule has 3 unspecified atom stereocenters. The number of likely N-dealkylation sites (tertiary alicyclic amines) is 1. The van der Waals surface area contributed by atoms with Gasteiger partial charge in [0.2, 0.25) is 17.6 Å². The van der Waals surface area contributed by atoms with Crippen LogP contribution in [-0.4, -0.2) is 72.7 Å². The number of ketones is 1. The van der Waals surface area contributed by atoms with Crippen molar-refractivity contribution in [2.75, 3.05) is 20.1 Å². The van der Waals surface area contributed by atoms with Gasteiger partial charge in [0.25, 0.3) is 5.91 Å². The highest BCUT2D eigenvalue weighted by molar-refractivity contribution is 6.38. The summed E-state index contributed by atoms with van der Waals surface area (Å²) in [5.74, 6) is -2.04. The molecule has 2 fully saturated rings. The zero-order valence-corrected chi connectivity index (χ0v) is 29.1. The molecule has 0 aromatic rings. The Morgan fingerprint density at radius 2 is 1.44 bits per heavy atom. The van der Waals surface area contributed by atoms with Crippen LogP contribution in [0.15, 0.2) is 0 Å². The minimum absolute atomic E-state index is 0.266. The normalized spacial score (nSPS) is 18.0. The van der Waals surface area contributed by atoms with Crippen LogP contribution in [0.1, 0.15) is 139 Å². The van der Waals surface area contributed by atoms with Crippen LogP contribution in [0.25, 0.3) is 0 Å². The average Bonchev–Trinajstić information content (AvgIpc) is 3.53. The van der Waals surface area contributed by atoms with E-state index in [2.05, 4.69) is 35.1 Å². The molecule has 0 bridgehead atoms. The van der Waals surface area contributed by atoms with Gasteiger partial charge in [-0.2, -0.15) is 0 Å². The standard InChI is InChI=1S/C26H45N5O5.C3H8.2C2H6/c1-5-7-12-18(20(32)23(34)28-16-6-2)29-22(33)19-13-11-17-31(19)24(35)21(30-25(36)27-4)26(3)14-9-8-10-15-26;1-3-2;2*1-2/h18-19,21H,5-17H2,1-4H3,(H,28,34)(H,29,33)(H2,27,30,36);3H2,1-2H3;2*1-2H3. The van der Waals surface area contributed by atoms with Crippen LogP contribution in [0.4, 0.5) is 4.79 Å². The maximum atomic E-state index is 13.8. The number of urea groups is 1. The van der Waals surface area contributed by atoms with Crippen molar-refractivity contribution in [2.45, 2.75) is 157 Å². The number of hydrogen-bond donors (Lipinski definition) is 4. The van der Waals surface area contributed by atoms with E-state index in [-0.39, 0.29) is 5.91 Å². The van der Waals surface area contributed by atoms with E-state index < -0.39 is 47.2 Å². The Labute approximate surface area is 262 Å². The number of amides is 5. The zero-order chi connectivity index (χ0) is 33.4. The first kappa shape index (κ1) is 42.5. The molecular formula is C33H65N5O5. The average molecular weight is 612 g/mol. The largest absolute Gasteiger partial charge is 0.349 e. The molecular weight excluding hydrogens is 546 g/mol. The van der Waals surface area contributed by atoms with Crippen molar-refractivity contribution in [3.8, 4) is 0 Å². The van der Waals surface area contributed by atoms with Crippen LogP contribution in [0.5, 0.6) is 0 Å². The number of carbonyl (C=O) groups excluding carboxylic acids is 5. The van der Waals surface area contributed by atoms with Gasteiger partial charge in [0.05, 0.1) is 6.04 Å². The van der Waals surface area contributed by atoms with Crippen LogP contribution >= 0.6 is 0 Å². The molecule has 10 heteroatoms. The van der Waals surface area contributed by atoms with E-state index in [1.54, 1.807) is 4.90 Å². The number of nitrogens with zero attached hydrogens (tertiary/aromatic N) is 1. The van der Waals surface area contributed by atoms with Gasteiger partial charge in [-0.25, -0.2) is 4.79 Å². The fourth-order valence-electron chi connectivity index (χ4n) is 5.28. The molecule has 2 aliphatic rings. The lowest BCUT2D eigenvalue weighted by Crippen LogP contribution is -2.61. The molecule has 2 rings (SSSR count). The SMILES string of the molecule is CC.CC.CCC.CCCCC(NC(=O)C1CCCN1C(=O)C(NC(=O)NC)C1(C)CCCCC1)C(=O)C(=O)NCCC. The molecule has 1 heterocycles. The van der Waals surface area contributed by atoms with Crippen molar-refractivity contribution in [3.63, 3.8) is 0 Å². The Bertz CT molecular complexity index is 814. The molecule has 0 radical (unpaired) electrons.